The minimum Gasteiger partial charge on any atom is -0.419 e. The van der Waals surface area contributed by atoms with Gasteiger partial charge in [-0.1, -0.05) is 23.7 Å². The number of carbonyl (C=O) groups is 1. The molecule has 27 heavy (non-hydrogen) atoms. The average molecular weight is 386 g/mol. The van der Waals surface area contributed by atoms with Gasteiger partial charge >= 0.3 is 0 Å². The normalized spacial score (nSPS) is 13.6. The second-order valence-electron chi connectivity index (χ2n) is 6.57. The Morgan fingerprint density at radius 3 is 2.67 bits per heavy atom. The molecule has 0 atom stereocenters. The van der Waals surface area contributed by atoms with E-state index in [-0.39, 0.29) is 30.7 Å². The molecule has 0 spiro atoms. The van der Waals surface area contributed by atoms with E-state index in [4.69, 9.17) is 16.0 Å². The molecule has 1 aromatic heterocycles. The number of benzene rings is 2. The summed E-state index contributed by atoms with van der Waals surface area (Å²) in [6, 6.07) is 13.4. The van der Waals surface area contributed by atoms with Crippen LogP contribution in [-0.4, -0.2) is 27.0 Å². The molecule has 1 aliphatic carbocycles. The first-order valence-electron chi connectivity index (χ1n) is 8.71. The minimum absolute atomic E-state index is 0.0747. The maximum absolute atomic E-state index is 13.4. The maximum atomic E-state index is 13.4. The van der Waals surface area contributed by atoms with Gasteiger partial charge in [-0.3, -0.25) is 4.79 Å². The van der Waals surface area contributed by atoms with Crippen LogP contribution in [0.5, 0.6) is 0 Å². The highest BCUT2D eigenvalue weighted by molar-refractivity contribution is 6.30. The smallest absolute Gasteiger partial charge is 0.247 e. The molecule has 0 saturated heterocycles. The van der Waals surface area contributed by atoms with Gasteiger partial charge in [0, 0.05) is 16.6 Å². The van der Waals surface area contributed by atoms with Crippen LogP contribution in [0.25, 0.3) is 11.5 Å². The van der Waals surface area contributed by atoms with Crippen LogP contribution in [0, 0.1) is 5.82 Å². The first-order chi connectivity index (χ1) is 13.1. The summed E-state index contributed by atoms with van der Waals surface area (Å²) in [5.74, 6) is 0.339. The molecule has 1 heterocycles. The van der Waals surface area contributed by atoms with E-state index >= 15 is 0 Å². The Morgan fingerprint density at radius 2 is 1.96 bits per heavy atom. The van der Waals surface area contributed by atoms with Gasteiger partial charge in [0.25, 0.3) is 0 Å². The van der Waals surface area contributed by atoms with Crippen LogP contribution in [0.3, 0.4) is 0 Å². The molecule has 1 amide bonds. The summed E-state index contributed by atoms with van der Waals surface area (Å²) in [4.78, 5) is 14.5. The van der Waals surface area contributed by atoms with Crippen LogP contribution in [0.15, 0.2) is 52.9 Å². The fraction of sp³-hybridized carbons (Fsp3) is 0.250. The van der Waals surface area contributed by atoms with E-state index in [1.807, 2.05) is 0 Å². The highest BCUT2D eigenvalue weighted by atomic mass is 35.5. The van der Waals surface area contributed by atoms with Crippen molar-refractivity contribution >= 4 is 17.5 Å². The van der Waals surface area contributed by atoms with Gasteiger partial charge in [-0.05, 0) is 54.8 Å². The average Bonchev–Trinajstić information content (AvgIpc) is 3.38. The van der Waals surface area contributed by atoms with Crippen LogP contribution in [-0.2, 0) is 17.8 Å². The number of amides is 1. The number of carbonyl (C=O) groups excluding carboxylic acids is 1. The van der Waals surface area contributed by atoms with Crippen molar-refractivity contribution in [2.24, 2.45) is 0 Å². The molecular formula is C20H17ClFN3O2. The van der Waals surface area contributed by atoms with Gasteiger partial charge in [0.1, 0.15) is 5.82 Å². The lowest BCUT2D eigenvalue weighted by molar-refractivity contribution is -0.132. The molecule has 0 aliphatic heterocycles. The Bertz CT molecular complexity index is 954. The zero-order valence-electron chi connectivity index (χ0n) is 14.4. The number of halogens is 2. The lowest BCUT2D eigenvalue weighted by Crippen LogP contribution is -2.34. The lowest BCUT2D eigenvalue weighted by Gasteiger charge is -2.20. The Morgan fingerprint density at radius 1 is 1.19 bits per heavy atom. The number of nitrogens with zero attached hydrogens (tertiary/aromatic N) is 3. The van der Waals surface area contributed by atoms with Gasteiger partial charge in [-0.15, -0.1) is 10.2 Å². The molecule has 0 N–H and O–H groups in total. The van der Waals surface area contributed by atoms with Gasteiger partial charge in [-0.2, -0.15) is 0 Å². The minimum atomic E-state index is -0.345. The molecule has 1 fully saturated rings. The molecule has 3 aromatic rings. The summed E-state index contributed by atoms with van der Waals surface area (Å²) in [5, 5.41) is 8.75. The maximum Gasteiger partial charge on any atom is 0.247 e. The SMILES string of the molecule is O=C(Cc1cccc(F)c1)N(Cc1nnc(-c2ccc(Cl)cc2)o1)C1CC1. The first kappa shape index (κ1) is 17.7. The standard InChI is InChI=1S/C20H17ClFN3O2/c21-15-6-4-14(5-7-15)20-24-23-18(27-20)12-25(17-8-9-17)19(26)11-13-2-1-3-16(22)10-13/h1-7,10,17H,8-9,11-12H2. The molecule has 5 nitrogen and oxygen atoms in total. The third-order valence-corrected chi connectivity index (χ3v) is 4.67. The predicted octanol–water partition coefficient (Wildman–Crippen LogP) is 4.26. The van der Waals surface area contributed by atoms with Gasteiger partial charge in [0.15, 0.2) is 0 Å². The van der Waals surface area contributed by atoms with E-state index in [0.717, 1.165) is 18.4 Å². The van der Waals surface area contributed by atoms with Crippen molar-refractivity contribution in [3.63, 3.8) is 0 Å². The monoisotopic (exact) mass is 385 g/mol. The van der Waals surface area contributed by atoms with E-state index < -0.39 is 0 Å². The number of aromatic nitrogens is 2. The number of hydrogen-bond donors (Lipinski definition) is 0. The van der Waals surface area contributed by atoms with E-state index in [2.05, 4.69) is 10.2 Å². The van der Waals surface area contributed by atoms with Crippen LogP contribution in [0.2, 0.25) is 5.02 Å². The fourth-order valence-corrected chi connectivity index (χ4v) is 3.03. The van der Waals surface area contributed by atoms with Crippen LogP contribution in [0.1, 0.15) is 24.3 Å². The lowest BCUT2D eigenvalue weighted by atomic mass is 10.1. The first-order valence-corrected chi connectivity index (χ1v) is 9.08. The Hall–Kier alpha value is -2.73. The summed E-state index contributed by atoms with van der Waals surface area (Å²) < 4.78 is 19.1. The quantitative estimate of drug-likeness (QED) is 0.636. The fourth-order valence-electron chi connectivity index (χ4n) is 2.90. The van der Waals surface area contributed by atoms with E-state index in [1.165, 1.54) is 12.1 Å². The summed E-state index contributed by atoms with van der Waals surface area (Å²) >= 11 is 5.89. The molecule has 138 valence electrons. The largest absolute Gasteiger partial charge is 0.419 e. The third kappa shape index (κ3) is 4.34. The van der Waals surface area contributed by atoms with Crippen LogP contribution < -0.4 is 0 Å². The second-order valence-corrected chi connectivity index (χ2v) is 7.00. The topological polar surface area (TPSA) is 59.2 Å². The van der Waals surface area contributed by atoms with E-state index in [9.17, 15) is 9.18 Å². The molecule has 4 rings (SSSR count). The van der Waals surface area contributed by atoms with Crippen molar-refractivity contribution < 1.29 is 13.6 Å². The highest BCUT2D eigenvalue weighted by Gasteiger charge is 2.33. The van der Waals surface area contributed by atoms with Crippen LogP contribution in [0.4, 0.5) is 4.39 Å². The summed E-state index contributed by atoms with van der Waals surface area (Å²) in [6.07, 6.45) is 2.05. The molecule has 1 aliphatic rings. The van der Waals surface area contributed by atoms with E-state index in [1.54, 1.807) is 41.3 Å². The zero-order valence-corrected chi connectivity index (χ0v) is 15.2. The molecule has 0 unspecified atom stereocenters. The Labute approximate surface area is 160 Å². The highest BCUT2D eigenvalue weighted by Crippen LogP contribution is 2.29. The van der Waals surface area contributed by atoms with Crippen molar-refractivity contribution in [1.29, 1.82) is 0 Å². The molecule has 0 radical (unpaired) electrons. The predicted molar refractivity (Wildman–Crippen MR) is 98.4 cm³/mol. The third-order valence-electron chi connectivity index (χ3n) is 4.42. The van der Waals surface area contributed by atoms with Crippen molar-refractivity contribution in [1.82, 2.24) is 15.1 Å². The summed E-state index contributed by atoms with van der Waals surface area (Å²) in [5.41, 5.74) is 1.42. The number of rotatable bonds is 6. The molecular weight excluding hydrogens is 369 g/mol. The van der Waals surface area contributed by atoms with Gasteiger partial charge in [0.2, 0.25) is 17.7 Å². The van der Waals surface area contributed by atoms with Crippen LogP contribution >= 0.6 is 11.6 Å². The Balaban J connectivity index is 1.47. The van der Waals surface area contributed by atoms with E-state index in [0.29, 0.717) is 22.4 Å². The van der Waals surface area contributed by atoms with Crippen molar-refractivity contribution in [2.45, 2.75) is 31.8 Å². The zero-order chi connectivity index (χ0) is 18.8. The molecule has 7 heteroatoms. The number of hydrogen-bond acceptors (Lipinski definition) is 4. The van der Waals surface area contributed by atoms with Crippen molar-refractivity contribution in [3.05, 3.63) is 70.8 Å². The van der Waals surface area contributed by atoms with Gasteiger partial charge in [-0.25, -0.2) is 4.39 Å². The molecule has 0 bridgehead atoms. The second kappa shape index (κ2) is 7.48. The molecule has 2 aromatic carbocycles. The summed E-state index contributed by atoms with van der Waals surface area (Å²) in [7, 11) is 0. The summed E-state index contributed by atoms with van der Waals surface area (Å²) in [6.45, 7) is 0.249. The van der Waals surface area contributed by atoms with Gasteiger partial charge in [0.05, 0.1) is 13.0 Å². The van der Waals surface area contributed by atoms with Crippen molar-refractivity contribution in [3.8, 4) is 11.5 Å². The van der Waals surface area contributed by atoms with Gasteiger partial charge < -0.3 is 9.32 Å². The Kier molecular flexibility index (Phi) is 4.90. The van der Waals surface area contributed by atoms with Crippen molar-refractivity contribution in [2.75, 3.05) is 0 Å². The molecule has 1 saturated carbocycles.